The minimum absolute atomic E-state index is 0.0347. The van der Waals surface area contributed by atoms with Crippen LogP contribution in [0.15, 0.2) is 0 Å². The van der Waals surface area contributed by atoms with Crippen molar-refractivity contribution in [3.8, 4) is 0 Å². The highest BCUT2D eigenvalue weighted by Crippen LogP contribution is 2.40. The summed E-state index contributed by atoms with van der Waals surface area (Å²) in [7, 11) is 1.90. The van der Waals surface area contributed by atoms with Gasteiger partial charge < -0.3 is 9.64 Å². The number of rotatable bonds is 0. The summed E-state index contributed by atoms with van der Waals surface area (Å²) >= 11 is 0. The van der Waals surface area contributed by atoms with Crippen LogP contribution in [0.1, 0.15) is 19.3 Å². The Labute approximate surface area is 72.7 Å². The van der Waals surface area contributed by atoms with E-state index in [-0.39, 0.29) is 5.41 Å². The van der Waals surface area contributed by atoms with Crippen molar-refractivity contribution in [2.24, 2.45) is 5.41 Å². The molecule has 0 aromatic rings. The third kappa shape index (κ3) is 1.04. The highest BCUT2D eigenvalue weighted by atomic mass is 16.5. The molecule has 3 heteroatoms. The largest absolute Gasteiger partial charge is 0.381 e. The van der Waals surface area contributed by atoms with Crippen molar-refractivity contribution in [3.63, 3.8) is 0 Å². The number of hydrogen-bond donors (Lipinski definition) is 0. The summed E-state index contributed by atoms with van der Waals surface area (Å²) in [6, 6.07) is 0. The van der Waals surface area contributed by atoms with E-state index in [1.54, 1.807) is 0 Å². The Bertz CT molecular complexity index is 191. The first kappa shape index (κ1) is 8.05. The van der Waals surface area contributed by atoms with Crippen molar-refractivity contribution >= 4 is 5.91 Å². The van der Waals surface area contributed by atoms with E-state index in [0.29, 0.717) is 5.91 Å². The quantitative estimate of drug-likeness (QED) is 0.532. The molecule has 0 N–H and O–H groups in total. The Morgan fingerprint density at radius 1 is 1.33 bits per heavy atom. The van der Waals surface area contributed by atoms with Crippen LogP contribution in [0.4, 0.5) is 0 Å². The van der Waals surface area contributed by atoms with E-state index in [4.69, 9.17) is 4.74 Å². The monoisotopic (exact) mass is 169 g/mol. The van der Waals surface area contributed by atoms with Crippen LogP contribution in [0, 0.1) is 5.41 Å². The van der Waals surface area contributed by atoms with E-state index in [0.717, 1.165) is 39.0 Å². The number of hydrogen-bond acceptors (Lipinski definition) is 2. The summed E-state index contributed by atoms with van der Waals surface area (Å²) in [5, 5.41) is 0. The molecule has 0 radical (unpaired) electrons. The lowest BCUT2D eigenvalue weighted by molar-refractivity contribution is -0.139. The molecule has 2 aliphatic heterocycles. The highest BCUT2D eigenvalue weighted by molar-refractivity contribution is 5.84. The fourth-order valence-electron chi connectivity index (χ4n) is 2.22. The molecule has 68 valence electrons. The zero-order valence-corrected chi connectivity index (χ0v) is 7.51. The average Bonchev–Trinajstić information content (AvgIpc) is 2.37. The molecule has 3 nitrogen and oxygen atoms in total. The van der Waals surface area contributed by atoms with Gasteiger partial charge in [0.1, 0.15) is 0 Å². The molecule has 0 bridgehead atoms. The van der Waals surface area contributed by atoms with Crippen molar-refractivity contribution < 1.29 is 9.53 Å². The summed E-state index contributed by atoms with van der Waals surface area (Å²) in [4.78, 5) is 13.6. The molecule has 0 unspecified atom stereocenters. The second-order valence-corrected chi connectivity index (χ2v) is 3.87. The van der Waals surface area contributed by atoms with Crippen LogP contribution in [0.3, 0.4) is 0 Å². The zero-order valence-electron chi connectivity index (χ0n) is 7.51. The maximum Gasteiger partial charge on any atom is 0.228 e. The molecule has 2 rings (SSSR count). The van der Waals surface area contributed by atoms with Crippen LogP contribution in [-0.4, -0.2) is 37.6 Å². The number of ether oxygens (including phenoxy) is 1. The molecule has 12 heavy (non-hydrogen) atoms. The molecule has 0 saturated carbocycles. The predicted octanol–water partition coefficient (Wildman–Crippen LogP) is 0.645. The van der Waals surface area contributed by atoms with Gasteiger partial charge in [-0.2, -0.15) is 0 Å². The van der Waals surface area contributed by atoms with Crippen molar-refractivity contribution in [1.82, 2.24) is 4.90 Å². The third-order valence-corrected chi connectivity index (χ3v) is 3.18. The van der Waals surface area contributed by atoms with Gasteiger partial charge in [0, 0.05) is 26.8 Å². The zero-order chi connectivity index (χ0) is 8.60. The Morgan fingerprint density at radius 3 is 2.50 bits per heavy atom. The maximum absolute atomic E-state index is 11.8. The molecule has 0 aliphatic carbocycles. The maximum atomic E-state index is 11.8. The van der Waals surface area contributed by atoms with Gasteiger partial charge in [-0.1, -0.05) is 0 Å². The molecule has 2 fully saturated rings. The molecule has 0 atom stereocenters. The lowest BCUT2D eigenvalue weighted by atomic mass is 9.79. The third-order valence-electron chi connectivity index (χ3n) is 3.18. The summed E-state index contributed by atoms with van der Waals surface area (Å²) in [6.07, 6.45) is 2.89. The van der Waals surface area contributed by atoms with Crippen molar-refractivity contribution in [1.29, 1.82) is 0 Å². The van der Waals surface area contributed by atoms with Crippen LogP contribution in [0.25, 0.3) is 0 Å². The van der Waals surface area contributed by atoms with Crippen molar-refractivity contribution in [3.05, 3.63) is 0 Å². The first-order valence-electron chi connectivity index (χ1n) is 4.58. The van der Waals surface area contributed by atoms with Gasteiger partial charge in [0.05, 0.1) is 5.41 Å². The molecule has 2 heterocycles. The average molecular weight is 169 g/mol. The number of carbonyl (C=O) groups excluding carboxylic acids is 1. The Balaban J connectivity index is 2.14. The highest BCUT2D eigenvalue weighted by Gasteiger charge is 2.45. The second-order valence-electron chi connectivity index (χ2n) is 3.87. The summed E-state index contributed by atoms with van der Waals surface area (Å²) in [5.41, 5.74) is -0.0347. The lowest BCUT2D eigenvalue weighted by Crippen LogP contribution is -2.37. The van der Waals surface area contributed by atoms with E-state index in [1.165, 1.54) is 0 Å². The Morgan fingerprint density at radius 2 is 2.00 bits per heavy atom. The fourth-order valence-corrected chi connectivity index (χ4v) is 2.22. The van der Waals surface area contributed by atoms with Gasteiger partial charge in [0.15, 0.2) is 0 Å². The van der Waals surface area contributed by atoms with Crippen LogP contribution in [0.5, 0.6) is 0 Å². The SMILES string of the molecule is CN1CCC2(CCOCC2)C1=O. The lowest BCUT2D eigenvalue weighted by Gasteiger charge is -2.30. The van der Waals surface area contributed by atoms with E-state index >= 15 is 0 Å². The standard InChI is InChI=1S/C9H15NO2/c1-10-5-2-9(8(10)11)3-6-12-7-4-9/h2-7H2,1H3. The van der Waals surface area contributed by atoms with E-state index in [2.05, 4.69) is 0 Å². The Hall–Kier alpha value is -0.570. The van der Waals surface area contributed by atoms with Gasteiger partial charge in [0.25, 0.3) is 0 Å². The van der Waals surface area contributed by atoms with Gasteiger partial charge in [-0.25, -0.2) is 0 Å². The molecule has 2 saturated heterocycles. The van der Waals surface area contributed by atoms with Gasteiger partial charge in [-0.15, -0.1) is 0 Å². The van der Waals surface area contributed by atoms with Gasteiger partial charge >= 0.3 is 0 Å². The molecule has 0 aromatic heterocycles. The molecular weight excluding hydrogens is 154 g/mol. The number of carbonyl (C=O) groups is 1. The molecule has 1 amide bonds. The number of nitrogens with zero attached hydrogens (tertiary/aromatic N) is 1. The second kappa shape index (κ2) is 2.73. The van der Waals surface area contributed by atoms with Crippen LogP contribution in [-0.2, 0) is 9.53 Å². The van der Waals surface area contributed by atoms with E-state index in [1.807, 2.05) is 11.9 Å². The molecule has 1 spiro atoms. The minimum atomic E-state index is -0.0347. The van der Waals surface area contributed by atoms with Crippen LogP contribution in [0.2, 0.25) is 0 Å². The van der Waals surface area contributed by atoms with Gasteiger partial charge in [0.2, 0.25) is 5.91 Å². The predicted molar refractivity (Wildman–Crippen MR) is 44.7 cm³/mol. The number of amides is 1. The van der Waals surface area contributed by atoms with E-state index < -0.39 is 0 Å². The minimum Gasteiger partial charge on any atom is -0.381 e. The first-order valence-corrected chi connectivity index (χ1v) is 4.58. The summed E-state index contributed by atoms with van der Waals surface area (Å²) in [5.74, 6) is 0.339. The summed E-state index contributed by atoms with van der Waals surface area (Å²) in [6.45, 7) is 2.46. The fraction of sp³-hybridized carbons (Fsp3) is 0.889. The Kier molecular flexibility index (Phi) is 1.83. The first-order chi connectivity index (χ1) is 5.75. The molecule has 2 aliphatic rings. The normalized spacial score (nSPS) is 28.4. The van der Waals surface area contributed by atoms with Gasteiger partial charge in [-0.3, -0.25) is 4.79 Å². The molecular formula is C9H15NO2. The van der Waals surface area contributed by atoms with Crippen molar-refractivity contribution in [2.75, 3.05) is 26.8 Å². The topological polar surface area (TPSA) is 29.5 Å². The van der Waals surface area contributed by atoms with E-state index in [9.17, 15) is 4.79 Å². The van der Waals surface area contributed by atoms with Crippen LogP contribution < -0.4 is 0 Å². The summed E-state index contributed by atoms with van der Waals surface area (Å²) < 4.78 is 5.27. The van der Waals surface area contributed by atoms with Crippen LogP contribution >= 0.6 is 0 Å². The molecule has 0 aromatic carbocycles. The smallest absolute Gasteiger partial charge is 0.228 e. The van der Waals surface area contributed by atoms with Gasteiger partial charge in [-0.05, 0) is 19.3 Å². The van der Waals surface area contributed by atoms with Crippen molar-refractivity contribution in [2.45, 2.75) is 19.3 Å². The number of likely N-dealkylation sites (tertiary alicyclic amines) is 1.